The Kier molecular flexibility index (Phi) is 6.08. The van der Waals surface area contributed by atoms with Gasteiger partial charge in [0.1, 0.15) is 0 Å². The highest BCUT2D eigenvalue weighted by Crippen LogP contribution is 2.15. The summed E-state index contributed by atoms with van der Waals surface area (Å²) in [6.07, 6.45) is 2.07. The largest absolute Gasteiger partial charge is 0.355 e. The average Bonchev–Trinajstić information content (AvgIpc) is 2.30. The second-order valence-electron chi connectivity index (χ2n) is 3.97. The molecule has 0 bridgehead atoms. The first kappa shape index (κ1) is 14.1. The second-order valence-corrected chi connectivity index (χ2v) is 4.85. The summed E-state index contributed by atoms with van der Waals surface area (Å²) in [4.78, 5) is 14.7. The number of likely N-dealkylation sites (N-methyl/N-ethyl adjacent to an activating group) is 2. The second kappa shape index (κ2) is 7.35. The van der Waals surface area contributed by atoms with Crippen LogP contribution in [0.3, 0.4) is 0 Å². The fourth-order valence-corrected chi connectivity index (χ4v) is 2.00. The molecule has 0 aromatic heterocycles. The molecular weight excluding hydrogens is 232 g/mol. The third-order valence-corrected chi connectivity index (χ3v) is 3.14. The molecule has 4 heteroatoms. The van der Waals surface area contributed by atoms with Crippen LogP contribution in [0.5, 0.6) is 0 Å². The number of hydrogen-bond acceptors (Lipinski definition) is 3. The third kappa shape index (κ3) is 5.24. The number of hydrogen-bond donors (Lipinski definition) is 1. The van der Waals surface area contributed by atoms with E-state index >= 15 is 0 Å². The number of carbonyl (C=O) groups is 1. The maximum atomic E-state index is 11.4. The molecule has 0 radical (unpaired) electrons. The molecule has 0 heterocycles. The minimum absolute atomic E-state index is 0.0794. The Balaban J connectivity index is 2.44. The van der Waals surface area contributed by atoms with Gasteiger partial charge in [0.15, 0.2) is 0 Å². The average molecular weight is 252 g/mol. The summed E-state index contributed by atoms with van der Waals surface area (Å²) in [7, 11) is 1.96. The lowest BCUT2D eigenvalue weighted by Gasteiger charge is -2.16. The van der Waals surface area contributed by atoms with Crippen LogP contribution in [-0.4, -0.2) is 37.2 Å². The Labute approximate surface area is 108 Å². The first-order valence-electron chi connectivity index (χ1n) is 5.74. The van der Waals surface area contributed by atoms with E-state index in [2.05, 4.69) is 35.8 Å². The van der Waals surface area contributed by atoms with Crippen molar-refractivity contribution in [2.24, 2.45) is 0 Å². The van der Waals surface area contributed by atoms with E-state index in [0.717, 1.165) is 6.54 Å². The first-order valence-corrected chi connectivity index (χ1v) is 6.96. The van der Waals surface area contributed by atoms with Crippen LogP contribution < -0.4 is 5.32 Å². The van der Waals surface area contributed by atoms with Crippen molar-refractivity contribution >= 4 is 17.7 Å². The molecule has 1 N–H and O–H groups in total. The number of nitrogens with zero attached hydrogens (tertiary/aromatic N) is 1. The van der Waals surface area contributed by atoms with E-state index in [1.54, 1.807) is 11.8 Å². The molecule has 0 fully saturated rings. The molecule has 1 amide bonds. The highest BCUT2D eigenvalue weighted by molar-refractivity contribution is 7.98. The van der Waals surface area contributed by atoms with Gasteiger partial charge in [0.05, 0.1) is 6.54 Å². The van der Waals surface area contributed by atoms with Gasteiger partial charge in [-0.15, -0.1) is 11.8 Å². The van der Waals surface area contributed by atoms with Crippen LogP contribution in [0.4, 0.5) is 0 Å². The van der Waals surface area contributed by atoms with Gasteiger partial charge in [-0.1, -0.05) is 12.1 Å². The molecule has 0 atom stereocenters. The highest BCUT2D eigenvalue weighted by atomic mass is 32.2. The molecule has 0 aliphatic heterocycles. The van der Waals surface area contributed by atoms with E-state index in [1.807, 2.05) is 18.9 Å². The molecule has 1 aromatic carbocycles. The zero-order valence-corrected chi connectivity index (χ0v) is 11.5. The monoisotopic (exact) mass is 252 g/mol. The van der Waals surface area contributed by atoms with E-state index in [0.29, 0.717) is 13.1 Å². The van der Waals surface area contributed by atoms with Crippen LogP contribution in [-0.2, 0) is 11.3 Å². The van der Waals surface area contributed by atoms with Crippen LogP contribution >= 0.6 is 11.8 Å². The number of amides is 1. The van der Waals surface area contributed by atoms with Crippen molar-refractivity contribution in [3.8, 4) is 0 Å². The van der Waals surface area contributed by atoms with Crippen molar-refractivity contribution in [1.29, 1.82) is 0 Å². The van der Waals surface area contributed by atoms with E-state index in [9.17, 15) is 4.79 Å². The minimum atomic E-state index is 0.0794. The van der Waals surface area contributed by atoms with E-state index < -0.39 is 0 Å². The molecule has 0 spiro atoms. The predicted octanol–water partition coefficient (Wildman–Crippen LogP) is 1.98. The van der Waals surface area contributed by atoms with Gasteiger partial charge in [0, 0.05) is 18.0 Å². The van der Waals surface area contributed by atoms with Gasteiger partial charge in [-0.2, -0.15) is 0 Å². The zero-order valence-electron chi connectivity index (χ0n) is 10.7. The van der Waals surface area contributed by atoms with Gasteiger partial charge in [-0.25, -0.2) is 0 Å². The molecule has 94 valence electrons. The van der Waals surface area contributed by atoms with Crippen LogP contribution in [0.1, 0.15) is 12.5 Å². The third-order valence-electron chi connectivity index (χ3n) is 2.40. The summed E-state index contributed by atoms with van der Waals surface area (Å²) in [6.45, 7) is 3.86. The van der Waals surface area contributed by atoms with Crippen LogP contribution in [0.2, 0.25) is 0 Å². The molecule has 17 heavy (non-hydrogen) atoms. The Morgan fingerprint density at radius 1 is 1.35 bits per heavy atom. The van der Waals surface area contributed by atoms with Crippen molar-refractivity contribution < 1.29 is 4.79 Å². The fraction of sp³-hybridized carbons (Fsp3) is 0.462. The molecule has 0 saturated heterocycles. The smallest absolute Gasteiger partial charge is 0.234 e. The fourth-order valence-electron chi connectivity index (χ4n) is 1.60. The van der Waals surface area contributed by atoms with Gasteiger partial charge in [0.2, 0.25) is 5.91 Å². The lowest BCUT2D eigenvalue weighted by atomic mass is 10.2. The minimum Gasteiger partial charge on any atom is -0.355 e. The molecule has 0 aliphatic carbocycles. The zero-order chi connectivity index (χ0) is 12.7. The lowest BCUT2D eigenvalue weighted by molar-refractivity contribution is -0.121. The number of thioether (sulfide) groups is 1. The van der Waals surface area contributed by atoms with Crippen molar-refractivity contribution in [1.82, 2.24) is 10.2 Å². The number of carbonyl (C=O) groups excluding carboxylic acids is 1. The molecule has 0 unspecified atom stereocenters. The standard InChI is InChI=1S/C13H20N2OS/c1-4-14-13(16)10-15(2)9-11-5-7-12(17-3)8-6-11/h5-8H,4,9-10H2,1-3H3,(H,14,16). The summed E-state index contributed by atoms with van der Waals surface area (Å²) in [6, 6.07) is 8.44. The molecule has 1 aromatic rings. The number of benzene rings is 1. The summed E-state index contributed by atoms with van der Waals surface area (Å²) >= 11 is 1.74. The molecule has 1 rings (SSSR count). The van der Waals surface area contributed by atoms with Crippen molar-refractivity contribution in [3.05, 3.63) is 29.8 Å². The van der Waals surface area contributed by atoms with Gasteiger partial charge < -0.3 is 5.32 Å². The lowest BCUT2D eigenvalue weighted by Crippen LogP contribution is -2.34. The van der Waals surface area contributed by atoms with E-state index in [4.69, 9.17) is 0 Å². The van der Waals surface area contributed by atoms with Crippen LogP contribution in [0.15, 0.2) is 29.2 Å². The van der Waals surface area contributed by atoms with E-state index in [1.165, 1.54) is 10.5 Å². The molecule has 0 saturated carbocycles. The summed E-state index contributed by atoms with van der Waals surface area (Å²) in [5, 5.41) is 2.80. The van der Waals surface area contributed by atoms with Crippen molar-refractivity contribution in [2.45, 2.75) is 18.4 Å². The maximum absolute atomic E-state index is 11.4. The number of rotatable bonds is 6. The van der Waals surface area contributed by atoms with Crippen molar-refractivity contribution in [2.75, 3.05) is 26.4 Å². The Bertz CT molecular complexity index is 351. The normalized spacial score (nSPS) is 10.6. The first-order chi connectivity index (χ1) is 8.15. The molecule has 0 aliphatic rings. The van der Waals surface area contributed by atoms with Gasteiger partial charge >= 0.3 is 0 Å². The predicted molar refractivity (Wildman–Crippen MR) is 73.2 cm³/mol. The quantitative estimate of drug-likeness (QED) is 0.786. The van der Waals surface area contributed by atoms with Crippen molar-refractivity contribution in [3.63, 3.8) is 0 Å². The van der Waals surface area contributed by atoms with Gasteiger partial charge in [-0.05, 0) is 37.9 Å². The summed E-state index contributed by atoms with van der Waals surface area (Å²) < 4.78 is 0. The topological polar surface area (TPSA) is 32.3 Å². The maximum Gasteiger partial charge on any atom is 0.234 e. The molecule has 3 nitrogen and oxygen atoms in total. The SMILES string of the molecule is CCNC(=O)CN(C)Cc1ccc(SC)cc1. The van der Waals surface area contributed by atoms with Crippen LogP contribution in [0, 0.1) is 0 Å². The highest BCUT2D eigenvalue weighted by Gasteiger charge is 2.05. The molecular formula is C13H20N2OS. The summed E-state index contributed by atoms with van der Waals surface area (Å²) in [5.41, 5.74) is 1.23. The van der Waals surface area contributed by atoms with Crippen LogP contribution in [0.25, 0.3) is 0 Å². The van der Waals surface area contributed by atoms with Gasteiger partial charge in [0.25, 0.3) is 0 Å². The Morgan fingerprint density at radius 2 is 2.00 bits per heavy atom. The number of nitrogens with one attached hydrogen (secondary N) is 1. The Morgan fingerprint density at radius 3 is 2.53 bits per heavy atom. The van der Waals surface area contributed by atoms with E-state index in [-0.39, 0.29) is 5.91 Å². The Hall–Kier alpha value is -1.00. The summed E-state index contributed by atoms with van der Waals surface area (Å²) in [5.74, 6) is 0.0794. The van der Waals surface area contributed by atoms with Gasteiger partial charge in [-0.3, -0.25) is 9.69 Å².